The van der Waals surface area contributed by atoms with E-state index in [-0.39, 0.29) is 12.0 Å². The van der Waals surface area contributed by atoms with Crippen LogP contribution in [-0.2, 0) is 29.4 Å². The first-order valence-corrected chi connectivity index (χ1v) is 10.4. The number of amides is 1. The Balaban J connectivity index is 1.46. The molecule has 3 aromatic heterocycles. The number of hydrogen-bond acceptors (Lipinski definition) is 6. The van der Waals surface area contributed by atoms with Gasteiger partial charge in [-0.05, 0) is 31.5 Å². The highest BCUT2D eigenvalue weighted by Gasteiger charge is 2.27. The summed E-state index contributed by atoms with van der Waals surface area (Å²) in [6, 6.07) is 7.83. The van der Waals surface area contributed by atoms with Crippen molar-refractivity contribution in [3.63, 3.8) is 0 Å². The number of aromatic nitrogens is 4. The summed E-state index contributed by atoms with van der Waals surface area (Å²) in [6.45, 7) is 5.56. The summed E-state index contributed by atoms with van der Waals surface area (Å²) in [5.41, 5.74) is 4.47. The summed E-state index contributed by atoms with van der Waals surface area (Å²) in [4.78, 5) is 19.5. The topological polar surface area (TPSA) is 86.3 Å². The van der Waals surface area contributed by atoms with Crippen molar-refractivity contribution in [2.45, 2.75) is 39.2 Å². The minimum atomic E-state index is -0.246. The molecule has 8 nitrogen and oxygen atoms in total. The largest absolute Gasteiger partial charge is 0.368 e. The molecule has 1 aliphatic rings. The van der Waals surface area contributed by atoms with Crippen LogP contribution in [0.3, 0.4) is 0 Å². The van der Waals surface area contributed by atoms with E-state index >= 15 is 0 Å². The number of hydrogen-bond donors (Lipinski definition) is 0. The van der Waals surface area contributed by atoms with Gasteiger partial charge in [0.25, 0.3) is 0 Å². The Hall–Kier alpha value is -3.00. The van der Waals surface area contributed by atoms with Crippen LogP contribution in [0.5, 0.6) is 0 Å². The van der Waals surface area contributed by atoms with Crippen molar-refractivity contribution in [2.75, 3.05) is 19.7 Å². The second-order valence-electron chi connectivity index (χ2n) is 7.51. The summed E-state index contributed by atoms with van der Waals surface area (Å²) in [5.74, 6) is 0.956. The molecule has 1 saturated heterocycles. The third-order valence-corrected chi connectivity index (χ3v) is 5.55. The van der Waals surface area contributed by atoms with E-state index in [9.17, 15) is 4.79 Å². The molecule has 0 saturated carbocycles. The lowest BCUT2D eigenvalue weighted by atomic mass is 10.1. The summed E-state index contributed by atoms with van der Waals surface area (Å²) in [5, 5.41) is 8.24. The fraction of sp³-hybridized carbons (Fsp3) is 0.455. The smallest absolute Gasteiger partial charge is 0.223 e. The molecule has 3 aromatic rings. The lowest BCUT2D eigenvalue weighted by molar-refractivity contribution is -0.139. The summed E-state index contributed by atoms with van der Waals surface area (Å²) < 4.78 is 13.2. The molecule has 8 heteroatoms. The SMILES string of the molecule is CCc1onc(C)c1-c1cccc(C2CN(C(=O)CCc3ccnn3C)CCO2)n1. The fourth-order valence-electron chi connectivity index (χ4n) is 3.85. The Bertz CT molecular complexity index is 1030. The molecule has 30 heavy (non-hydrogen) atoms. The monoisotopic (exact) mass is 409 g/mol. The lowest BCUT2D eigenvalue weighted by Gasteiger charge is -2.33. The Morgan fingerprint density at radius 3 is 2.93 bits per heavy atom. The molecule has 1 atom stereocenters. The maximum atomic E-state index is 12.8. The number of carbonyl (C=O) groups excluding carboxylic acids is 1. The molecule has 4 rings (SSSR count). The standard InChI is InChI=1S/C22H27N5O3/c1-4-19-22(15(2)25-30-19)18-7-5-6-17(24-18)20-14-27(12-13-29-20)21(28)9-8-16-10-11-23-26(16)3/h5-7,10-11,20H,4,8-9,12-14H2,1-3H3. The van der Waals surface area contributed by atoms with E-state index in [4.69, 9.17) is 14.2 Å². The molecule has 0 aromatic carbocycles. The van der Waals surface area contributed by atoms with Gasteiger partial charge < -0.3 is 14.2 Å². The molecule has 4 heterocycles. The first-order valence-electron chi connectivity index (χ1n) is 10.4. The average molecular weight is 409 g/mol. The van der Waals surface area contributed by atoms with Crippen molar-refractivity contribution in [3.05, 3.63) is 53.3 Å². The minimum Gasteiger partial charge on any atom is -0.368 e. The van der Waals surface area contributed by atoms with Crippen molar-refractivity contribution in [2.24, 2.45) is 7.05 Å². The molecular formula is C22H27N5O3. The van der Waals surface area contributed by atoms with Gasteiger partial charge in [-0.3, -0.25) is 9.48 Å². The summed E-state index contributed by atoms with van der Waals surface area (Å²) in [7, 11) is 1.89. The maximum Gasteiger partial charge on any atom is 0.223 e. The highest BCUT2D eigenvalue weighted by atomic mass is 16.5. The van der Waals surface area contributed by atoms with Gasteiger partial charge in [0.2, 0.25) is 5.91 Å². The van der Waals surface area contributed by atoms with Crippen LogP contribution < -0.4 is 0 Å². The zero-order valence-corrected chi connectivity index (χ0v) is 17.7. The van der Waals surface area contributed by atoms with Crippen molar-refractivity contribution >= 4 is 5.91 Å². The predicted octanol–water partition coefficient (Wildman–Crippen LogP) is 2.87. The molecule has 1 amide bonds. The Morgan fingerprint density at radius 1 is 1.30 bits per heavy atom. The first kappa shape index (κ1) is 20.3. The number of ether oxygens (including phenoxy) is 1. The highest BCUT2D eigenvalue weighted by molar-refractivity contribution is 5.76. The van der Waals surface area contributed by atoms with Crippen LogP contribution in [0.25, 0.3) is 11.3 Å². The van der Waals surface area contributed by atoms with Gasteiger partial charge in [0.1, 0.15) is 11.9 Å². The molecule has 0 spiro atoms. The van der Waals surface area contributed by atoms with Crippen LogP contribution in [0.4, 0.5) is 0 Å². The van der Waals surface area contributed by atoms with E-state index in [1.807, 2.05) is 54.7 Å². The van der Waals surface area contributed by atoms with Gasteiger partial charge in [0.05, 0.1) is 35.8 Å². The Morgan fingerprint density at radius 2 is 2.17 bits per heavy atom. The van der Waals surface area contributed by atoms with Crippen LogP contribution >= 0.6 is 0 Å². The molecule has 0 aliphatic carbocycles. The summed E-state index contributed by atoms with van der Waals surface area (Å²) >= 11 is 0. The second kappa shape index (κ2) is 8.79. The predicted molar refractivity (Wildman–Crippen MR) is 111 cm³/mol. The van der Waals surface area contributed by atoms with Gasteiger partial charge in [-0.1, -0.05) is 18.1 Å². The molecule has 0 N–H and O–H groups in total. The van der Waals surface area contributed by atoms with E-state index in [0.717, 1.165) is 40.5 Å². The number of nitrogens with zero attached hydrogens (tertiary/aromatic N) is 5. The van der Waals surface area contributed by atoms with Crippen molar-refractivity contribution < 1.29 is 14.1 Å². The first-order chi connectivity index (χ1) is 14.6. The molecule has 158 valence electrons. The van der Waals surface area contributed by atoms with Crippen LogP contribution in [-0.4, -0.2) is 50.4 Å². The van der Waals surface area contributed by atoms with Gasteiger partial charge in [-0.25, -0.2) is 4.98 Å². The average Bonchev–Trinajstić information content (AvgIpc) is 3.36. The Labute approximate surface area is 175 Å². The maximum absolute atomic E-state index is 12.8. The third-order valence-electron chi connectivity index (χ3n) is 5.55. The van der Waals surface area contributed by atoms with Crippen molar-refractivity contribution in [1.82, 2.24) is 24.8 Å². The number of carbonyl (C=O) groups is 1. The Kier molecular flexibility index (Phi) is 5.94. The summed E-state index contributed by atoms with van der Waals surface area (Å²) in [6.07, 6.45) is 3.40. The number of aryl methyl sites for hydroxylation is 4. The molecular weight excluding hydrogens is 382 g/mol. The van der Waals surface area contributed by atoms with Crippen LogP contribution in [0.2, 0.25) is 0 Å². The van der Waals surface area contributed by atoms with Gasteiger partial charge in [0.15, 0.2) is 0 Å². The van der Waals surface area contributed by atoms with E-state index < -0.39 is 0 Å². The molecule has 1 fully saturated rings. The molecule has 1 aliphatic heterocycles. The van der Waals surface area contributed by atoms with Crippen molar-refractivity contribution in [1.29, 1.82) is 0 Å². The molecule has 0 bridgehead atoms. The van der Waals surface area contributed by atoms with Gasteiger partial charge >= 0.3 is 0 Å². The van der Waals surface area contributed by atoms with Gasteiger partial charge in [-0.2, -0.15) is 5.10 Å². The number of pyridine rings is 1. The molecule has 0 radical (unpaired) electrons. The van der Waals surface area contributed by atoms with E-state index in [0.29, 0.717) is 32.5 Å². The van der Waals surface area contributed by atoms with Crippen molar-refractivity contribution in [3.8, 4) is 11.3 Å². The lowest BCUT2D eigenvalue weighted by Crippen LogP contribution is -2.42. The van der Waals surface area contributed by atoms with E-state index in [2.05, 4.69) is 10.3 Å². The normalized spacial score (nSPS) is 16.8. The zero-order chi connectivity index (χ0) is 21.1. The number of morpholine rings is 1. The van der Waals surface area contributed by atoms with Crippen LogP contribution in [0.1, 0.15) is 42.3 Å². The van der Waals surface area contributed by atoms with Gasteiger partial charge in [-0.15, -0.1) is 0 Å². The fourth-order valence-corrected chi connectivity index (χ4v) is 3.85. The third kappa shape index (κ3) is 4.14. The quantitative estimate of drug-likeness (QED) is 0.622. The highest BCUT2D eigenvalue weighted by Crippen LogP contribution is 2.29. The zero-order valence-electron chi connectivity index (χ0n) is 17.7. The van der Waals surface area contributed by atoms with E-state index in [1.165, 1.54) is 0 Å². The molecule has 1 unspecified atom stereocenters. The minimum absolute atomic E-state index is 0.129. The van der Waals surface area contributed by atoms with E-state index in [1.54, 1.807) is 6.20 Å². The number of rotatable bonds is 6. The van der Waals surface area contributed by atoms with Gasteiger partial charge in [0, 0.05) is 38.3 Å². The van der Waals surface area contributed by atoms with Crippen LogP contribution in [0.15, 0.2) is 35.0 Å². The second-order valence-corrected chi connectivity index (χ2v) is 7.51. The van der Waals surface area contributed by atoms with Crippen LogP contribution in [0, 0.1) is 6.92 Å².